The first-order chi connectivity index (χ1) is 7.54. The van der Waals surface area contributed by atoms with Crippen molar-refractivity contribution in [2.75, 3.05) is 13.7 Å². The van der Waals surface area contributed by atoms with Crippen LogP contribution in [0.25, 0.3) is 0 Å². The summed E-state index contributed by atoms with van der Waals surface area (Å²) in [5, 5.41) is 2.92. The van der Waals surface area contributed by atoms with Crippen LogP contribution in [0, 0.1) is 0 Å². The molecule has 0 unspecified atom stereocenters. The van der Waals surface area contributed by atoms with Gasteiger partial charge in [-0.3, -0.25) is 4.79 Å². The predicted octanol–water partition coefficient (Wildman–Crippen LogP) is 1.90. The number of rotatable bonds is 3. The third-order valence-corrected chi connectivity index (χ3v) is 2.33. The number of benzene rings is 1. The van der Waals surface area contributed by atoms with Gasteiger partial charge in [0, 0.05) is 12.1 Å². The van der Waals surface area contributed by atoms with Crippen molar-refractivity contribution in [2.45, 2.75) is 0 Å². The number of likely N-dealkylation sites (N-methyl/N-ethyl adjacent to an activating group) is 1. The summed E-state index contributed by atoms with van der Waals surface area (Å²) in [5.74, 6) is -1.08. The summed E-state index contributed by atoms with van der Waals surface area (Å²) >= 11 is 11.5. The van der Waals surface area contributed by atoms with E-state index >= 15 is 0 Å². The molecule has 0 fully saturated rings. The Morgan fingerprint density at radius 1 is 1.38 bits per heavy atom. The molecular weight excluding hydrogens is 253 g/mol. The number of carbonyl (C=O) groups excluding carboxylic acids is 2. The van der Waals surface area contributed by atoms with Crippen LogP contribution in [0.2, 0.25) is 10.0 Å². The zero-order chi connectivity index (χ0) is 12.1. The lowest BCUT2D eigenvalue weighted by atomic mass is 10.2. The smallest absolute Gasteiger partial charge is 0.340 e. The summed E-state index contributed by atoms with van der Waals surface area (Å²) in [6, 6.07) is 4.43. The number of carbonyl (C=O) groups is 2. The third kappa shape index (κ3) is 3.40. The first kappa shape index (κ1) is 12.8. The molecular formula is C10H9Cl2NO3. The van der Waals surface area contributed by atoms with Crippen molar-refractivity contribution in [3.05, 3.63) is 33.8 Å². The number of nitrogens with one attached hydrogen (secondary N) is 1. The highest BCUT2D eigenvalue weighted by Gasteiger charge is 2.13. The van der Waals surface area contributed by atoms with Gasteiger partial charge in [0.2, 0.25) is 0 Å². The van der Waals surface area contributed by atoms with E-state index in [1.807, 2.05) is 0 Å². The zero-order valence-electron chi connectivity index (χ0n) is 8.42. The SMILES string of the molecule is CNC(=O)COC(=O)c1cc(Cl)ccc1Cl. The summed E-state index contributed by atoms with van der Waals surface area (Å²) in [7, 11) is 1.45. The van der Waals surface area contributed by atoms with E-state index in [1.54, 1.807) is 6.07 Å². The van der Waals surface area contributed by atoms with Gasteiger partial charge in [-0.1, -0.05) is 23.2 Å². The molecule has 0 heterocycles. The largest absolute Gasteiger partial charge is 0.452 e. The molecule has 1 aromatic rings. The topological polar surface area (TPSA) is 55.4 Å². The zero-order valence-corrected chi connectivity index (χ0v) is 9.93. The number of halogens is 2. The fraction of sp³-hybridized carbons (Fsp3) is 0.200. The van der Waals surface area contributed by atoms with E-state index in [0.717, 1.165) is 0 Å². The van der Waals surface area contributed by atoms with Gasteiger partial charge in [0.15, 0.2) is 6.61 Å². The first-order valence-electron chi connectivity index (χ1n) is 4.37. The monoisotopic (exact) mass is 261 g/mol. The van der Waals surface area contributed by atoms with Crippen molar-refractivity contribution in [3.8, 4) is 0 Å². The second kappa shape index (κ2) is 5.72. The van der Waals surface area contributed by atoms with Crippen molar-refractivity contribution < 1.29 is 14.3 Å². The molecule has 0 bridgehead atoms. The molecule has 0 aliphatic carbocycles. The molecule has 0 aliphatic rings. The van der Waals surface area contributed by atoms with Crippen LogP contribution in [0.3, 0.4) is 0 Å². The summed E-state index contributed by atoms with van der Waals surface area (Å²) in [6.07, 6.45) is 0. The van der Waals surface area contributed by atoms with Gasteiger partial charge in [0.25, 0.3) is 5.91 Å². The molecule has 4 nitrogen and oxygen atoms in total. The van der Waals surface area contributed by atoms with Crippen molar-refractivity contribution in [1.29, 1.82) is 0 Å². The average Bonchev–Trinajstić information content (AvgIpc) is 2.28. The summed E-state index contributed by atoms with van der Waals surface area (Å²) in [6.45, 7) is -0.349. The maximum atomic E-state index is 11.5. The second-order valence-electron chi connectivity index (χ2n) is 2.87. The number of ether oxygens (including phenoxy) is 1. The number of amides is 1. The molecule has 0 saturated heterocycles. The van der Waals surface area contributed by atoms with E-state index in [9.17, 15) is 9.59 Å². The van der Waals surface area contributed by atoms with Gasteiger partial charge in [0.05, 0.1) is 10.6 Å². The molecule has 0 radical (unpaired) electrons. The van der Waals surface area contributed by atoms with Crippen LogP contribution in [0.15, 0.2) is 18.2 Å². The molecule has 0 saturated carbocycles. The third-order valence-electron chi connectivity index (χ3n) is 1.76. The fourth-order valence-corrected chi connectivity index (χ4v) is 1.30. The Hall–Kier alpha value is -1.26. The van der Waals surface area contributed by atoms with Gasteiger partial charge in [-0.15, -0.1) is 0 Å². The maximum Gasteiger partial charge on any atom is 0.340 e. The highest BCUT2D eigenvalue weighted by atomic mass is 35.5. The van der Waals surface area contributed by atoms with Crippen molar-refractivity contribution >= 4 is 35.1 Å². The minimum Gasteiger partial charge on any atom is -0.452 e. The maximum absolute atomic E-state index is 11.5. The highest BCUT2D eigenvalue weighted by Crippen LogP contribution is 2.21. The minimum absolute atomic E-state index is 0.137. The molecule has 86 valence electrons. The lowest BCUT2D eigenvalue weighted by Gasteiger charge is -2.05. The van der Waals surface area contributed by atoms with Crippen LogP contribution >= 0.6 is 23.2 Å². The van der Waals surface area contributed by atoms with Gasteiger partial charge in [0.1, 0.15) is 0 Å². The van der Waals surface area contributed by atoms with E-state index in [1.165, 1.54) is 19.2 Å². The number of hydrogen-bond donors (Lipinski definition) is 1. The average molecular weight is 262 g/mol. The molecule has 0 spiro atoms. The van der Waals surface area contributed by atoms with E-state index in [4.69, 9.17) is 27.9 Å². The molecule has 1 aromatic carbocycles. The van der Waals surface area contributed by atoms with Crippen LogP contribution in [-0.2, 0) is 9.53 Å². The quantitative estimate of drug-likeness (QED) is 0.846. The molecule has 16 heavy (non-hydrogen) atoms. The summed E-state index contributed by atoms with van der Waals surface area (Å²) < 4.78 is 4.72. The number of hydrogen-bond acceptors (Lipinski definition) is 3. The molecule has 0 atom stereocenters. The first-order valence-corrected chi connectivity index (χ1v) is 5.13. The van der Waals surface area contributed by atoms with Crippen LogP contribution in [-0.4, -0.2) is 25.5 Å². The minimum atomic E-state index is -0.684. The molecule has 1 N–H and O–H groups in total. The Labute approximate surface area is 102 Å². The Kier molecular flexibility index (Phi) is 4.58. The lowest BCUT2D eigenvalue weighted by Crippen LogP contribution is -2.25. The fourth-order valence-electron chi connectivity index (χ4n) is 0.935. The van der Waals surface area contributed by atoms with Gasteiger partial charge in [-0.05, 0) is 18.2 Å². The predicted molar refractivity (Wildman–Crippen MR) is 60.8 cm³/mol. The second-order valence-corrected chi connectivity index (χ2v) is 3.72. The lowest BCUT2D eigenvalue weighted by molar-refractivity contribution is -0.123. The van der Waals surface area contributed by atoms with Crippen LogP contribution in [0.1, 0.15) is 10.4 Å². The normalized spacial score (nSPS) is 9.69. The Morgan fingerprint density at radius 3 is 2.69 bits per heavy atom. The summed E-state index contributed by atoms with van der Waals surface area (Å²) in [5.41, 5.74) is 0.137. The van der Waals surface area contributed by atoms with E-state index < -0.39 is 11.9 Å². The Morgan fingerprint density at radius 2 is 2.06 bits per heavy atom. The standard InChI is InChI=1S/C10H9Cl2NO3/c1-13-9(14)5-16-10(15)7-4-6(11)2-3-8(7)12/h2-4H,5H2,1H3,(H,13,14). The van der Waals surface area contributed by atoms with Gasteiger partial charge in [-0.25, -0.2) is 4.79 Å². The van der Waals surface area contributed by atoms with Crippen LogP contribution < -0.4 is 5.32 Å². The van der Waals surface area contributed by atoms with Crippen LogP contribution in [0.4, 0.5) is 0 Å². The van der Waals surface area contributed by atoms with Crippen LogP contribution in [0.5, 0.6) is 0 Å². The van der Waals surface area contributed by atoms with Gasteiger partial charge in [-0.2, -0.15) is 0 Å². The Balaban J connectivity index is 2.73. The van der Waals surface area contributed by atoms with Crippen molar-refractivity contribution in [3.63, 3.8) is 0 Å². The van der Waals surface area contributed by atoms with E-state index in [2.05, 4.69) is 5.32 Å². The van der Waals surface area contributed by atoms with E-state index in [0.29, 0.717) is 5.02 Å². The molecule has 0 aliphatic heterocycles. The Bertz CT molecular complexity index is 421. The van der Waals surface area contributed by atoms with Gasteiger partial charge >= 0.3 is 5.97 Å². The van der Waals surface area contributed by atoms with Gasteiger partial charge < -0.3 is 10.1 Å². The van der Waals surface area contributed by atoms with Crippen molar-refractivity contribution in [2.24, 2.45) is 0 Å². The van der Waals surface area contributed by atoms with Crippen molar-refractivity contribution in [1.82, 2.24) is 5.32 Å². The molecule has 1 rings (SSSR count). The molecule has 6 heteroatoms. The highest BCUT2D eigenvalue weighted by molar-refractivity contribution is 6.35. The molecule has 1 amide bonds. The summed E-state index contributed by atoms with van der Waals surface area (Å²) in [4.78, 5) is 22.3. The number of esters is 1. The molecule has 0 aromatic heterocycles. The van der Waals surface area contributed by atoms with E-state index in [-0.39, 0.29) is 17.2 Å².